The van der Waals surface area contributed by atoms with Crippen LogP contribution in [0.2, 0.25) is 0 Å². The number of nitrogens with zero attached hydrogens (tertiary/aromatic N) is 1. The summed E-state index contributed by atoms with van der Waals surface area (Å²) in [6, 6.07) is -0.466. The van der Waals surface area contributed by atoms with Crippen LogP contribution in [0.1, 0.15) is 51.9 Å². The lowest BCUT2D eigenvalue weighted by molar-refractivity contribution is -0.152. The second-order valence-corrected chi connectivity index (χ2v) is 6.78. The van der Waals surface area contributed by atoms with E-state index in [1.807, 2.05) is 6.92 Å². The van der Waals surface area contributed by atoms with Crippen molar-refractivity contribution >= 4 is 11.9 Å². The van der Waals surface area contributed by atoms with E-state index in [1.165, 1.54) is 6.42 Å². The number of carbonyl (C=O) groups is 2. The number of nitrogens with one attached hydrogen (secondary N) is 1. The van der Waals surface area contributed by atoms with Crippen LogP contribution in [-0.4, -0.2) is 46.1 Å². The van der Waals surface area contributed by atoms with E-state index in [1.54, 1.807) is 4.90 Å². The summed E-state index contributed by atoms with van der Waals surface area (Å²) >= 11 is 0. The second-order valence-electron chi connectivity index (χ2n) is 6.78. The molecule has 0 radical (unpaired) electrons. The summed E-state index contributed by atoms with van der Waals surface area (Å²) in [5, 5.41) is 12.8. The lowest BCUT2D eigenvalue weighted by Crippen LogP contribution is -2.58. The maximum absolute atomic E-state index is 12.9. The topological polar surface area (TPSA) is 69.6 Å². The molecule has 3 rings (SSSR count). The van der Waals surface area contributed by atoms with Crippen LogP contribution < -0.4 is 5.32 Å². The second kappa shape index (κ2) is 5.02. The zero-order valence-corrected chi connectivity index (χ0v) is 12.1. The highest BCUT2D eigenvalue weighted by Crippen LogP contribution is 2.41. The number of likely N-dealkylation sites (tertiary alicyclic amines) is 1. The molecule has 2 saturated heterocycles. The minimum absolute atomic E-state index is 0.0109. The van der Waals surface area contributed by atoms with Crippen LogP contribution in [0.4, 0.5) is 0 Å². The fourth-order valence-electron chi connectivity index (χ4n) is 4.33. The van der Waals surface area contributed by atoms with E-state index in [2.05, 4.69) is 5.32 Å². The van der Waals surface area contributed by atoms with Crippen LogP contribution in [-0.2, 0) is 9.59 Å². The van der Waals surface area contributed by atoms with Gasteiger partial charge in [0.05, 0.1) is 5.54 Å². The first kappa shape index (κ1) is 13.9. The normalized spacial score (nSPS) is 40.6. The summed E-state index contributed by atoms with van der Waals surface area (Å²) in [5.74, 6) is -0.440. The summed E-state index contributed by atoms with van der Waals surface area (Å²) in [6.45, 7) is 2.78. The Kier molecular flexibility index (Phi) is 3.48. The molecule has 1 amide bonds. The molecule has 5 nitrogen and oxygen atoms in total. The van der Waals surface area contributed by atoms with E-state index in [9.17, 15) is 14.7 Å². The average molecular weight is 280 g/mol. The minimum atomic E-state index is -0.839. The number of rotatable bonds is 2. The zero-order chi connectivity index (χ0) is 14.3. The molecular weight excluding hydrogens is 256 g/mol. The van der Waals surface area contributed by atoms with E-state index >= 15 is 0 Å². The van der Waals surface area contributed by atoms with Crippen LogP contribution in [0.5, 0.6) is 0 Å². The predicted octanol–water partition coefficient (Wildman–Crippen LogP) is 1.37. The van der Waals surface area contributed by atoms with Crippen molar-refractivity contribution in [2.45, 2.75) is 69.5 Å². The first-order chi connectivity index (χ1) is 9.53. The van der Waals surface area contributed by atoms with Gasteiger partial charge < -0.3 is 15.3 Å². The van der Waals surface area contributed by atoms with E-state index in [-0.39, 0.29) is 11.9 Å². The number of carbonyl (C=O) groups excluding carboxylic acids is 1. The molecule has 20 heavy (non-hydrogen) atoms. The van der Waals surface area contributed by atoms with Gasteiger partial charge in [0.25, 0.3) is 0 Å². The van der Waals surface area contributed by atoms with E-state index in [4.69, 9.17) is 0 Å². The number of hydrogen-bond acceptors (Lipinski definition) is 3. The Morgan fingerprint density at radius 1 is 1.25 bits per heavy atom. The van der Waals surface area contributed by atoms with Gasteiger partial charge in [-0.25, -0.2) is 4.79 Å². The Balaban J connectivity index is 1.87. The molecular formula is C15H24N2O3. The quantitative estimate of drug-likeness (QED) is 0.801. The maximum Gasteiger partial charge on any atom is 0.326 e. The van der Waals surface area contributed by atoms with Crippen molar-refractivity contribution in [2.24, 2.45) is 5.92 Å². The number of hydrogen-bond donors (Lipinski definition) is 2. The van der Waals surface area contributed by atoms with Gasteiger partial charge in [0, 0.05) is 6.04 Å². The van der Waals surface area contributed by atoms with Gasteiger partial charge >= 0.3 is 5.97 Å². The summed E-state index contributed by atoms with van der Waals surface area (Å²) in [4.78, 5) is 26.2. The van der Waals surface area contributed by atoms with Gasteiger partial charge in [0.15, 0.2) is 0 Å². The van der Waals surface area contributed by atoms with E-state index in [0.29, 0.717) is 12.3 Å². The summed E-state index contributed by atoms with van der Waals surface area (Å²) in [5.41, 5.74) is -0.556. The standard InChI is InChI=1S/C15H24N2O3/c1-15(7-4-8-16-15)14(20)17-11-6-3-2-5-10(11)9-12(17)13(18)19/h10-12,16H,2-9H2,1H3,(H,18,19). The Bertz CT molecular complexity index is 417. The maximum atomic E-state index is 12.9. The van der Waals surface area contributed by atoms with Crippen LogP contribution in [0, 0.1) is 5.92 Å². The summed E-state index contributed by atoms with van der Waals surface area (Å²) in [6.07, 6.45) is 6.76. The third-order valence-electron chi connectivity index (χ3n) is 5.45. The molecule has 0 aromatic rings. The van der Waals surface area contributed by atoms with Crippen LogP contribution in [0.3, 0.4) is 0 Å². The fourth-order valence-corrected chi connectivity index (χ4v) is 4.33. The molecule has 1 saturated carbocycles. The molecule has 3 fully saturated rings. The first-order valence-corrected chi connectivity index (χ1v) is 7.83. The van der Waals surface area contributed by atoms with Crippen LogP contribution in [0.25, 0.3) is 0 Å². The van der Waals surface area contributed by atoms with Crippen molar-refractivity contribution < 1.29 is 14.7 Å². The van der Waals surface area contributed by atoms with Gasteiger partial charge in [0.1, 0.15) is 6.04 Å². The number of carboxylic acids is 1. The van der Waals surface area contributed by atoms with Crippen LogP contribution >= 0.6 is 0 Å². The predicted molar refractivity (Wildman–Crippen MR) is 74.3 cm³/mol. The molecule has 5 heteroatoms. The highest BCUT2D eigenvalue weighted by molar-refractivity contribution is 5.91. The third-order valence-corrected chi connectivity index (χ3v) is 5.45. The summed E-state index contributed by atoms with van der Waals surface area (Å²) in [7, 11) is 0. The highest BCUT2D eigenvalue weighted by atomic mass is 16.4. The van der Waals surface area contributed by atoms with E-state index in [0.717, 1.165) is 38.6 Å². The molecule has 4 atom stereocenters. The first-order valence-electron chi connectivity index (χ1n) is 7.83. The molecule has 2 N–H and O–H groups in total. The van der Waals surface area contributed by atoms with Crippen LogP contribution in [0.15, 0.2) is 0 Å². The Morgan fingerprint density at radius 2 is 2.00 bits per heavy atom. The molecule has 3 aliphatic rings. The molecule has 1 aliphatic carbocycles. The Hall–Kier alpha value is -1.10. The minimum Gasteiger partial charge on any atom is -0.480 e. The number of carboxylic acid groups (broad SMARTS) is 1. The largest absolute Gasteiger partial charge is 0.480 e. The van der Waals surface area contributed by atoms with Crippen molar-refractivity contribution in [2.75, 3.05) is 6.54 Å². The molecule has 0 bridgehead atoms. The van der Waals surface area contributed by atoms with Gasteiger partial charge in [-0.2, -0.15) is 0 Å². The molecule has 0 spiro atoms. The van der Waals surface area contributed by atoms with Gasteiger partial charge in [-0.15, -0.1) is 0 Å². The average Bonchev–Trinajstić information content (AvgIpc) is 3.02. The third kappa shape index (κ3) is 2.12. The monoisotopic (exact) mass is 280 g/mol. The summed E-state index contributed by atoms with van der Waals surface area (Å²) < 4.78 is 0. The SMILES string of the molecule is CC1(C(=O)N2C(C(=O)O)CC3CCCCC32)CCCN1. The van der Waals surface area contributed by atoms with Gasteiger partial charge in [0.2, 0.25) is 5.91 Å². The molecule has 2 aliphatic heterocycles. The molecule has 2 heterocycles. The highest BCUT2D eigenvalue weighted by Gasteiger charge is 2.51. The van der Waals surface area contributed by atoms with Gasteiger partial charge in [-0.3, -0.25) is 4.79 Å². The zero-order valence-electron chi connectivity index (χ0n) is 12.1. The smallest absolute Gasteiger partial charge is 0.326 e. The molecule has 4 unspecified atom stereocenters. The Morgan fingerprint density at radius 3 is 2.65 bits per heavy atom. The van der Waals surface area contributed by atoms with Gasteiger partial charge in [-0.05, 0) is 51.5 Å². The lowest BCUT2D eigenvalue weighted by atomic mass is 9.84. The molecule has 0 aromatic heterocycles. The van der Waals surface area contributed by atoms with Crippen molar-refractivity contribution in [1.82, 2.24) is 10.2 Å². The lowest BCUT2D eigenvalue weighted by Gasteiger charge is -2.38. The van der Waals surface area contributed by atoms with Gasteiger partial charge in [-0.1, -0.05) is 12.8 Å². The van der Waals surface area contributed by atoms with Crippen molar-refractivity contribution in [1.29, 1.82) is 0 Å². The number of fused-ring (bicyclic) bond motifs is 1. The molecule has 112 valence electrons. The van der Waals surface area contributed by atoms with Crippen molar-refractivity contribution in [3.8, 4) is 0 Å². The van der Waals surface area contributed by atoms with E-state index < -0.39 is 17.6 Å². The fraction of sp³-hybridized carbons (Fsp3) is 0.867. The van der Waals surface area contributed by atoms with Crippen molar-refractivity contribution in [3.05, 3.63) is 0 Å². The number of aliphatic carboxylic acids is 1. The molecule has 0 aromatic carbocycles. The van der Waals surface area contributed by atoms with Crippen molar-refractivity contribution in [3.63, 3.8) is 0 Å². The number of amides is 1. The Labute approximate surface area is 119 Å².